The van der Waals surface area contributed by atoms with Gasteiger partial charge in [0.1, 0.15) is 0 Å². The van der Waals surface area contributed by atoms with Gasteiger partial charge in [-0.1, -0.05) is 13.0 Å². The first kappa shape index (κ1) is 6.70. The Morgan fingerprint density at radius 1 is 1.86 bits per heavy atom. The summed E-state index contributed by atoms with van der Waals surface area (Å²) in [6, 6.07) is 0. The SMILES string of the molecule is C=C[C@H](C)CNC. The average Bonchev–Trinajstić information content (AvgIpc) is 1.68. The Kier molecular flexibility index (Phi) is 3.71. The molecule has 0 saturated heterocycles. The Morgan fingerprint density at radius 3 is 2.57 bits per heavy atom. The van der Waals surface area contributed by atoms with E-state index in [0.29, 0.717) is 5.92 Å². The lowest BCUT2D eigenvalue weighted by Crippen LogP contribution is -2.13. The zero-order valence-electron chi connectivity index (χ0n) is 5.07. The first-order valence-electron chi connectivity index (χ1n) is 2.58. The van der Waals surface area contributed by atoms with Crippen LogP contribution in [0.3, 0.4) is 0 Å². The van der Waals surface area contributed by atoms with Crippen LogP contribution < -0.4 is 5.32 Å². The van der Waals surface area contributed by atoms with Gasteiger partial charge in [-0.25, -0.2) is 0 Å². The molecule has 0 amide bonds. The van der Waals surface area contributed by atoms with Gasteiger partial charge in [-0.2, -0.15) is 0 Å². The predicted octanol–water partition coefficient (Wildman–Crippen LogP) is 1.03. The lowest BCUT2D eigenvalue weighted by Gasteiger charge is -2.00. The molecule has 0 unspecified atom stereocenters. The van der Waals surface area contributed by atoms with Gasteiger partial charge in [-0.15, -0.1) is 6.58 Å². The van der Waals surface area contributed by atoms with Crippen LogP contribution in [0.2, 0.25) is 0 Å². The van der Waals surface area contributed by atoms with Crippen molar-refractivity contribution in [1.29, 1.82) is 0 Å². The Hall–Kier alpha value is -0.300. The molecule has 1 atom stereocenters. The Balaban J connectivity index is 2.98. The van der Waals surface area contributed by atoms with E-state index in [1.165, 1.54) is 0 Å². The predicted molar refractivity (Wildman–Crippen MR) is 33.3 cm³/mol. The van der Waals surface area contributed by atoms with E-state index in [1.54, 1.807) is 0 Å². The number of hydrogen-bond acceptors (Lipinski definition) is 1. The highest BCUT2D eigenvalue weighted by atomic mass is 14.8. The van der Waals surface area contributed by atoms with E-state index in [2.05, 4.69) is 18.8 Å². The Labute approximate surface area is 45.4 Å². The normalized spacial score (nSPS) is 13.4. The topological polar surface area (TPSA) is 12.0 Å². The molecule has 0 aromatic heterocycles. The molecule has 1 heteroatoms. The quantitative estimate of drug-likeness (QED) is 0.521. The highest BCUT2D eigenvalue weighted by Crippen LogP contribution is 1.89. The summed E-state index contributed by atoms with van der Waals surface area (Å²) in [6.45, 7) is 6.80. The lowest BCUT2D eigenvalue weighted by molar-refractivity contribution is 0.651. The second-order valence-corrected chi connectivity index (χ2v) is 1.77. The van der Waals surface area contributed by atoms with Gasteiger partial charge in [-0.05, 0) is 13.0 Å². The third-order valence-corrected chi connectivity index (χ3v) is 0.928. The summed E-state index contributed by atoms with van der Waals surface area (Å²) in [6.07, 6.45) is 1.94. The summed E-state index contributed by atoms with van der Waals surface area (Å²) in [4.78, 5) is 0. The van der Waals surface area contributed by atoms with Crippen molar-refractivity contribution in [2.24, 2.45) is 5.92 Å². The first-order chi connectivity index (χ1) is 3.31. The minimum atomic E-state index is 0.602. The van der Waals surface area contributed by atoms with Crippen LogP contribution in [-0.4, -0.2) is 13.6 Å². The van der Waals surface area contributed by atoms with Crippen LogP contribution >= 0.6 is 0 Å². The molecule has 0 aromatic rings. The van der Waals surface area contributed by atoms with Crippen molar-refractivity contribution in [2.75, 3.05) is 13.6 Å². The molecule has 1 N–H and O–H groups in total. The maximum absolute atomic E-state index is 3.64. The molecule has 0 spiro atoms. The maximum atomic E-state index is 3.64. The summed E-state index contributed by atoms with van der Waals surface area (Å²) in [5, 5.41) is 3.05. The van der Waals surface area contributed by atoms with Crippen molar-refractivity contribution < 1.29 is 0 Å². The largest absolute Gasteiger partial charge is 0.319 e. The average molecular weight is 99.2 g/mol. The molecular weight excluding hydrogens is 86.1 g/mol. The number of nitrogens with one attached hydrogen (secondary N) is 1. The van der Waals surface area contributed by atoms with Crippen molar-refractivity contribution in [2.45, 2.75) is 6.92 Å². The van der Waals surface area contributed by atoms with E-state index in [-0.39, 0.29) is 0 Å². The highest BCUT2D eigenvalue weighted by molar-refractivity contribution is 4.75. The third kappa shape index (κ3) is 3.53. The van der Waals surface area contributed by atoms with E-state index in [4.69, 9.17) is 0 Å². The van der Waals surface area contributed by atoms with Crippen molar-refractivity contribution in [3.63, 3.8) is 0 Å². The second-order valence-electron chi connectivity index (χ2n) is 1.77. The molecule has 0 rings (SSSR count). The minimum Gasteiger partial charge on any atom is -0.319 e. The van der Waals surface area contributed by atoms with Crippen molar-refractivity contribution in [3.8, 4) is 0 Å². The van der Waals surface area contributed by atoms with Gasteiger partial charge in [-0.3, -0.25) is 0 Å². The van der Waals surface area contributed by atoms with Gasteiger partial charge in [0.2, 0.25) is 0 Å². The van der Waals surface area contributed by atoms with E-state index in [9.17, 15) is 0 Å². The fourth-order valence-corrected chi connectivity index (χ4v) is 0.405. The molecule has 0 aromatic carbocycles. The van der Waals surface area contributed by atoms with Gasteiger partial charge >= 0.3 is 0 Å². The molecule has 0 heterocycles. The van der Waals surface area contributed by atoms with E-state index in [0.717, 1.165) is 6.54 Å². The van der Waals surface area contributed by atoms with Gasteiger partial charge in [0, 0.05) is 6.54 Å². The van der Waals surface area contributed by atoms with Crippen molar-refractivity contribution in [1.82, 2.24) is 5.32 Å². The zero-order valence-corrected chi connectivity index (χ0v) is 5.07. The fraction of sp³-hybridized carbons (Fsp3) is 0.667. The molecule has 0 saturated carbocycles. The fourth-order valence-electron chi connectivity index (χ4n) is 0.405. The van der Waals surface area contributed by atoms with Crippen LogP contribution in [0.25, 0.3) is 0 Å². The molecule has 42 valence electrons. The minimum absolute atomic E-state index is 0.602. The van der Waals surface area contributed by atoms with Gasteiger partial charge in [0.25, 0.3) is 0 Å². The third-order valence-electron chi connectivity index (χ3n) is 0.928. The van der Waals surface area contributed by atoms with Crippen LogP contribution in [0.5, 0.6) is 0 Å². The van der Waals surface area contributed by atoms with Crippen LogP contribution in [0.4, 0.5) is 0 Å². The Bertz CT molecular complexity index is 50.1. The van der Waals surface area contributed by atoms with Crippen LogP contribution in [0, 0.1) is 5.92 Å². The lowest BCUT2D eigenvalue weighted by atomic mass is 10.2. The van der Waals surface area contributed by atoms with Gasteiger partial charge < -0.3 is 5.32 Å². The van der Waals surface area contributed by atoms with E-state index in [1.807, 2.05) is 13.1 Å². The van der Waals surface area contributed by atoms with Crippen molar-refractivity contribution >= 4 is 0 Å². The smallest absolute Gasteiger partial charge is 0.000840 e. The molecular formula is C6H13N. The van der Waals surface area contributed by atoms with E-state index < -0.39 is 0 Å². The molecule has 7 heavy (non-hydrogen) atoms. The summed E-state index contributed by atoms with van der Waals surface area (Å²) < 4.78 is 0. The van der Waals surface area contributed by atoms with Gasteiger partial charge in [0.15, 0.2) is 0 Å². The summed E-state index contributed by atoms with van der Waals surface area (Å²) in [5.74, 6) is 0.602. The maximum Gasteiger partial charge on any atom is 0.000840 e. The number of rotatable bonds is 3. The first-order valence-corrected chi connectivity index (χ1v) is 2.58. The van der Waals surface area contributed by atoms with Crippen LogP contribution in [0.1, 0.15) is 6.92 Å². The van der Waals surface area contributed by atoms with Crippen LogP contribution in [-0.2, 0) is 0 Å². The molecule has 0 aliphatic heterocycles. The summed E-state index contributed by atoms with van der Waals surface area (Å²) in [7, 11) is 1.94. The molecule has 0 aliphatic carbocycles. The van der Waals surface area contributed by atoms with Gasteiger partial charge in [0.05, 0.1) is 0 Å². The van der Waals surface area contributed by atoms with Crippen LogP contribution in [0.15, 0.2) is 12.7 Å². The molecule has 0 bridgehead atoms. The van der Waals surface area contributed by atoms with Crippen molar-refractivity contribution in [3.05, 3.63) is 12.7 Å². The van der Waals surface area contributed by atoms with E-state index >= 15 is 0 Å². The zero-order chi connectivity index (χ0) is 5.70. The molecule has 0 fully saturated rings. The highest BCUT2D eigenvalue weighted by Gasteiger charge is 1.88. The summed E-state index contributed by atoms with van der Waals surface area (Å²) in [5.41, 5.74) is 0. The molecule has 1 nitrogen and oxygen atoms in total. The molecule has 0 aliphatic rings. The monoisotopic (exact) mass is 99.1 g/mol. The summed E-state index contributed by atoms with van der Waals surface area (Å²) >= 11 is 0. The Morgan fingerprint density at radius 2 is 2.43 bits per heavy atom. The number of hydrogen-bond donors (Lipinski definition) is 1. The molecule has 0 radical (unpaired) electrons. The second kappa shape index (κ2) is 3.88. The standard InChI is InChI=1S/C6H13N/c1-4-6(2)5-7-3/h4,6-7H,1,5H2,2-3H3/t6-/m0/s1.